The largest absolute Gasteiger partial charge is 0.310 e. The molecular weight excluding hydrogens is 1000 g/mol. The van der Waals surface area contributed by atoms with Crippen LogP contribution in [0.15, 0.2) is 255 Å². The van der Waals surface area contributed by atoms with E-state index in [4.69, 9.17) is 0 Å². The van der Waals surface area contributed by atoms with E-state index in [1.54, 1.807) is 0 Å². The van der Waals surface area contributed by atoms with E-state index < -0.39 is 0 Å². The van der Waals surface area contributed by atoms with Crippen LogP contribution in [0.5, 0.6) is 0 Å². The smallest absolute Gasteiger partial charge is 0.0476 e. The van der Waals surface area contributed by atoms with Gasteiger partial charge in [-0.1, -0.05) is 185 Å². The molecule has 0 N–H and O–H groups in total. The Kier molecular flexibility index (Phi) is 10.4. The van der Waals surface area contributed by atoms with Crippen molar-refractivity contribution in [3.63, 3.8) is 0 Å². The molecule has 0 unspecified atom stereocenters. The van der Waals surface area contributed by atoms with Crippen molar-refractivity contribution < 1.29 is 0 Å². The molecule has 2 aromatic heterocycles. The van der Waals surface area contributed by atoms with Crippen LogP contribution in [0.3, 0.4) is 0 Å². The van der Waals surface area contributed by atoms with Gasteiger partial charge in [-0.15, -0.1) is 22.7 Å². The molecule has 2 aliphatic rings. The van der Waals surface area contributed by atoms with Gasteiger partial charge in [-0.05, 0) is 175 Å². The fourth-order valence-electron chi connectivity index (χ4n) is 13.6. The van der Waals surface area contributed by atoms with Crippen molar-refractivity contribution in [3.8, 4) is 44.5 Å². The van der Waals surface area contributed by atoms with E-state index in [0.717, 1.165) is 34.1 Å². The number of benzene rings is 12. The highest BCUT2D eigenvalue weighted by Gasteiger charge is 2.36. The third-order valence-corrected chi connectivity index (χ3v) is 19.9. The number of hydrogen-bond donors (Lipinski definition) is 0. The van der Waals surface area contributed by atoms with E-state index in [0.29, 0.717) is 0 Å². The third kappa shape index (κ3) is 7.15. The minimum Gasteiger partial charge on any atom is -0.310 e. The van der Waals surface area contributed by atoms with Gasteiger partial charge >= 0.3 is 0 Å². The Morgan fingerprint density at radius 1 is 0.250 bits per heavy atom. The molecule has 0 bridgehead atoms. The van der Waals surface area contributed by atoms with Crippen LogP contribution >= 0.6 is 22.7 Å². The van der Waals surface area contributed by atoms with Gasteiger partial charge in [0.1, 0.15) is 0 Å². The van der Waals surface area contributed by atoms with Gasteiger partial charge in [0.2, 0.25) is 0 Å². The monoisotopic (exact) mass is 1060 g/mol. The summed E-state index contributed by atoms with van der Waals surface area (Å²) in [5.41, 5.74) is 22.6. The molecule has 0 saturated carbocycles. The number of anilines is 6. The molecule has 4 heteroatoms. The van der Waals surface area contributed by atoms with Crippen LogP contribution < -0.4 is 9.80 Å². The van der Waals surface area contributed by atoms with Crippen LogP contribution in [-0.4, -0.2) is 0 Å². The van der Waals surface area contributed by atoms with E-state index in [-0.39, 0.29) is 10.8 Å². The lowest BCUT2D eigenvalue weighted by Gasteiger charge is -2.26. The average molecular weight is 1060 g/mol. The standard InChI is InChI=1S/C76H54N2S2/c1-75(2)65-21-13-11-19-57(65)59-35-27-49(43-67(59)75)47-23-29-53(30-24-47)77(51-15-7-5-8-16-51)55-33-37-63-71(45-55)79-69-41-39-62-61(73(63)69)40-42-70-74(62)64-38-34-56(46-72(64)80-70)78(52-17-9-6-10-18-52)54-31-25-48(26-32-54)50-28-36-60-58-20-12-14-22-66(58)76(3,4)68(60)44-50/h5-46H,1-4H3. The molecule has 2 nitrogen and oxygen atoms in total. The lowest BCUT2D eigenvalue weighted by atomic mass is 9.81. The Bertz CT molecular complexity index is 4510. The lowest BCUT2D eigenvalue weighted by molar-refractivity contribution is 0.660. The van der Waals surface area contributed by atoms with Gasteiger partial charge in [-0.25, -0.2) is 0 Å². The van der Waals surface area contributed by atoms with Crippen LogP contribution in [0, 0.1) is 0 Å². The number of nitrogens with zero attached hydrogens (tertiary/aromatic N) is 2. The SMILES string of the molecule is CC1(C)c2ccccc2-c2ccc(-c3ccc(N(c4ccccc4)c4ccc5c(c4)sc4ccc6c(ccc7sc8cc(N(c9ccccc9)c9ccc(-c%10ccc%11c(c%10)C(C)(C)c%10ccccc%10-%11)cc9)ccc8c76)c45)cc3)cc21. The Morgan fingerprint density at radius 3 is 1.01 bits per heavy atom. The number of hydrogen-bond acceptors (Lipinski definition) is 4. The Balaban J connectivity index is 0.735. The van der Waals surface area contributed by atoms with Crippen LogP contribution in [0.2, 0.25) is 0 Å². The second kappa shape index (κ2) is 17.7. The van der Waals surface area contributed by atoms with Crippen molar-refractivity contribution in [1.29, 1.82) is 0 Å². The molecule has 2 heterocycles. The topological polar surface area (TPSA) is 6.48 Å². The molecule has 2 aliphatic carbocycles. The van der Waals surface area contributed by atoms with Gasteiger partial charge in [0.25, 0.3) is 0 Å². The van der Waals surface area contributed by atoms with Crippen LogP contribution in [-0.2, 0) is 10.8 Å². The maximum Gasteiger partial charge on any atom is 0.0476 e. The van der Waals surface area contributed by atoms with Crippen molar-refractivity contribution >= 4 is 108 Å². The Hall–Kier alpha value is -9.06. The van der Waals surface area contributed by atoms with Crippen molar-refractivity contribution in [2.45, 2.75) is 38.5 Å². The van der Waals surface area contributed by atoms with Crippen molar-refractivity contribution in [2.75, 3.05) is 9.80 Å². The van der Waals surface area contributed by atoms with Crippen LogP contribution in [0.25, 0.3) is 95.6 Å². The summed E-state index contributed by atoms with van der Waals surface area (Å²) in [7, 11) is 0. The molecule has 0 spiro atoms. The summed E-state index contributed by atoms with van der Waals surface area (Å²) in [4.78, 5) is 4.79. The van der Waals surface area contributed by atoms with Crippen molar-refractivity contribution in [1.82, 2.24) is 0 Å². The first kappa shape index (κ1) is 47.0. The second-order valence-corrected chi connectivity index (χ2v) is 25.0. The van der Waals surface area contributed by atoms with Crippen molar-refractivity contribution in [2.24, 2.45) is 0 Å². The Labute approximate surface area is 474 Å². The quantitative estimate of drug-likeness (QED) is 0.150. The highest BCUT2D eigenvalue weighted by molar-refractivity contribution is 7.26. The lowest BCUT2D eigenvalue weighted by Crippen LogP contribution is -2.14. The fourth-order valence-corrected chi connectivity index (χ4v) is 15.9. The van der Waals surface area contributed by atoms with E-state index in [9.17, 15) is 0 Å². The molecule has 0 aliphatic heterocycles. The number of fused-ring (bicyclic) bond motifs is 15. The number of rotatable bonds is 8. The summed E-state index contributed by atoms with van der Waals surface area (Å²) in [6.45, 7) is 9.42. The predicted octanol–water partition coefficient (Wildman–Crippen LogP) is 22.5. The Morgan fingerprint density at radius 2 is 0.588 bits per heavy atom. The molecular formula is C76H54N2S2. The molecule has 0 fully saturated rings. The van der Waals surface area contributed by atoms with Gasteiger partial charge in [0.05, 0.1) is 0 Å². The van der Waals surface area contributed by atoms with E-state index in [2.05, 4.69) is 292 Å². The number of para-hydroxylation sites is 2. The molecule has 14 aromatic rings. The fraction of sp³-hybridized carbons (Fsp3) is 0.0789. The van der Waals surface area contributed by atoms with Crippen LogP contribution in [0.1, 0.15) is 49.9 Å². The zero-order valence-electron chi connectivity index (χ0n) is 45.0. The van der Waals surface area contributed by atoms with Gasteiger partial charge in [-0.2, -0.15) is 0 Å². The maximum atomic E-state index is 2.41. The normalized spacial score (nSPS) is 13.7. The third-order valence-electron chi connectivity index (χ3n) is 17.7. The first-order valence-electron chi connectivity index (χ1n) is 27.8. The predicted molar refractivity (Wildman–Crippen MR) is 345 cm³/mol. The summed E-state index contributed by atoms with van der Waals surface area (Å²) in [5.74, 6) is 0. The molecule has 0 saturated heterocycles. The van der Waals surface area contributed by atoms with Gasteiger partial charge < -0.3 is 9.80 Å². The maximum absolute atomic E-state index is 2.41. The molecule has 16 rings (SSSR count). The number of thiophene rings is 2. The molecule has 0 atom stereocenters. The van der Waals surface area contributed by atoms with Crippen molar-refractivity contribution in [3.05, 3.63) is 277 Å². The highest BCUT2D eigenvalue weighted by Crippen LogP contribution is 2.53. The molecule has 12 aromatic carbocycles. The zero-order valence-corrected chi connectivity index (χ0v) is 46.6. The first-order valence-corrected chi connectivity index (χ1v) is 29.4. The molecule has 0 amide bonds. The summed E-state index contributed by atoms with van der Waals surface area (Å²) in [5, 5.41) is 7.84. The average Bonchev–Trinajstić information content (AvgIpc) is 4.38. The molecule has 0 radical (unpaired) electrons. The van der Waals surface area contributed by atoms with Gasteiger partial charge in [0.15, 0.2) is 0 Å². The second-order valence-electron chi connectivity index (χ2n) is 22.8. The van der Waals surface area contributed by atoms with Crippen LogP contribution in [0.4, 0.5) is 34.1 Å². The minimum absolute atomic E-state index is 0.0435. The summed E-state index contributed by atoms with van der Waals surface area (Å²) < 4.78 is 5.16. The molecule has 380 valence electrons. The van der Waals surface area contributed by atoms with E-state index in [1.165, 1.54) is 118 Å². The first-order chi connectivity index (χ1) is 39.2. The summed E-state index contributed by atoms with van der Waals surface area (Å²) >= 11 is 3.77. The highest BCUT2D eigenvalue weighted by atomic mass is 32.1. The zero-order chi connectivity index (χ0) is 53.4. The molecule has 80 heavy (non-hydrogen) atoms. The summed E-state index contributed by atoms with van der Waals surface area (Å²) in [6.07, 6.45) is 0. The minimum atomic E-state index is -0.0435. The van der Waals surface area contributed by atoms with E-state index >= 15 is 0 Å². The van der Waals surface area contributed by atoms with E-state index in [1.807, 2.05) is 22.7 Å². The van der Waals surface area contributed by atoms with Gasteiger partial charge in [0, 0.05) is 85.3 Å². The summed E-state index contributed by atoms with van der Waals surface area (Å²) in [6, 6.07) is 95.2. The van der Waals surface area contributed by atoms with Gasteiger partial charge in [-0.3, -0.25) is 0 Å².